The number of aromatic nitrogens is 2. The van der Waals surface area contributed by atoms with Crippen LogP contribution in [0.2, 0.25) is 5.02 Å². The van der Waals surface area contributed by atoms with Crippen LogP contribution in [-0.2, 0) is 12.7 Å². The van der Waals surface area contributed by atoms with Crippen LogP contribution in [0.5, 0.6) is 5.88 Å². The Morgan fingerprint density at radius 3 is 2.62 bits per heavy atom. The number of thiazole rings is 1. The van der Waals surface area contributed by atoms with E-state index in [9.17, 15) is 18.0 Å². The minimum absolute atomic E-state index is 0. The Morgan fingerprint density at radius 2 is 2.08 bits per heavy atom. The van der Waals surface area contributed by atoms with E-state index >= 15 is 0 Å². The van der Waals surface area contributed by atoms with E-state index < -0.39 is 17.6 Å². The lowest BCUT2D eigenvalue weighted by atomic mass is 10.3. The molecule has 13 heteroatoms. The molecule has 0 fully saturated rings. The van der Waals surface area contributed by atoms with Crippen LogP contribution in [0.1, 0.15) is 21.1 Å². The van der Waals surface area contributed by atoms with Crippen molar-refractivity contribution in [3.05, 3.63) is 38.9 Å². The van der Waals surface area contributed by atoms with Crippen LogP contribution >= 0.6 is 47.8 Å². The number of rotatable bonds is 6. The smallest absolute Gasteiger partial charge is 0.417 e. The maximum atomic E-state index is 12.5. The molecule has 0 aliphatic heterocycles. The Labute approximate surface area is 168 Å². The zero-order chi connectivity index (χ0) is 17.7. The monoisotopic (exact) mass is 452 g/mol. The Morgan fingerprint density at radius 1 is 1.38 bits per heavy atom. The molecule has 6 nitrogen and oxygen atoms in total. The number of carbonyl (C=O) groups excluding carboxylic acids is 1. The fourth-order valence-electron chi connectivity index (χ4n) is 1.60. The topological polar surface area (TPSA) is 90.1 Å². The standard InChI is InChI=1S/C13H12ClF3N4O2S.2ClH/c14-8-3-7(13(15,16)17)5-20-12(8)23-2-1-19-11(22)9-6-24-10(4-18)21-9;;/h3,5-6H,1-2,4,18H2,(H,19,22);2*1H. The van der Waals surface area contributed by atoms with Gasteiger partial charge in [0, 0.05) is 18.1 Å². The molecule has 0 bridgehead atoms. The number of carbonyl (C=O) groups is 1. The molecule has 0 atom stereocenters. The van der Waals surface area contributed by atoms with E-state index in [2.05, 4.69) is 15.3 Å². The minimum atomic E-state index is -4.53. The van der Waals surface area contributed by atoms with Crippen molar-refractivity contribution in [1.82, 2.24) is 15.3 Å². The SMILES string of the molecule is Cl.Cl.NCc1nc(C(=O)NCCOc2ncc(C(F)(F)F)cc2Cl)cs1. The average Bonchev–Trinajstić information content (AvgIpc) is 3.00. The number of hydrogen-bond acceptors (Lipinski definition) is 6. The quantitative estimate of drug-likeness (QED) is 0.655. The van der Waals surface area contributed by atoms with Gasteiger partial charge in [0.25, 0.3) is 5.91 Å². The second kappa shape index (κ2) is 10.7. The fraction of sp³-hybridized carbons (Fsp3) is 0.308. The molecule has 26 heavy (non-hydrogen) atoms. The number of amides is 1. The molecule has 1 amide bonds. The van der Waals surface area contributed by atoms with Gasteiger partial charge < -0.3 is 15.8 Å². The van der Waals surface area contributed by atoms with Crippen LogP contribution in [0, 0.1) is 0 Å². The number of pyridine rings is 1. The summed E-state index contributed by atoms with van der Waals surface area (Å²) in [6.45, 7) is 0.338. The highest BCUT2D eigenvalue weighted by Gasteiger charge is 2.31. The number of halogens is 6. The average molecular weight is 454 g/mol. The van der Waals surface area contributed by atoms with E-state index in [1.807, 2.05) is 0 Å². The first-order valence-electron chi connectivity index (χ1n) is 6.59. The number of hydrogen-bond donors (Lipinski definition) is 2. The van der Waals surface area contributed by atoms with Crippen molar-refractivity contribution in [3.63, 3.8) is 0 Å². The van der Waals surface area contributed by atoms with E-state index in [1.165, 1.54) is 11.3 Å². The summed E-state index contributed by atoms with van der Waals surface area (Å²) in [4.78, 5) is 19.3. The Bertz CT molecular complexity index is 731. The number of ether oxygens (including phenoxy) is 1. The van der Waals surface area contributed by atoms with E-state index in [1.54, 1.807) is 5.38 Å². The third-order valence-corrected chi connectivity index (χ3v) is 3.86. The van der Waals surface area contributed by atoms with Crippen molar-refractivity contribution in [2.24, 2.45) is 5.73 Å². The van der Waals surface area contributed by atoms with Crippen LogP contribution in [0.3, 0.4) is 0 Å². The van der Waals surface area contributed by atoms with Crippen molar-refractivity contribution >= 4 is 53.7 Å². The van der Waals surface area contributed by atoms with Crippen LogP contribution in [0.4, 0.5) is 13.2 Å². The van der Waals surface area contributed by atoms with Gasteiger partial charge in [0.15, 0.2) is 0 Å². The molecule has 146 valence electrons. The number of alkyl halides is 3. The molecule has 2 aromatic heterocycles. The highest BCUT2D eigenvalue weighted by atomic mass is 35.5. The number of nitrogens with zero attached hydrogens (tertiary/aromatic N) is 2. The lowest BCUT2D eigenvalue weighted by Crippen LogP contribution is -2.28. The first-order valence-corrected chi connectivity index (χ1v) is 7.85. The molecule has 0 saturated heterocycles. The van der Waals surface area contributed by atoms with Crippen molar-refractivity contribution in [3.8, 4) is 5.88 Å². The highest BCUT2D eigenvalue weighted by molar-refractivity contribution is 7.09. The van der Waals surface area contributed by atoms with E-state index in [4.69, 9.17) is 22.1 Å². The predicted octanol–water partition coefficient (Wildman–Crippen LogP) is 3.32. The van der Waals surface area contributed by atoms with Gasteiger partial charge in [-0.05, 0) is 6.07 Å². The van der Waals surface area contributed by atoms with Crippen LogP contribution in [0.15, 0.2) is 17.6 Å². The summed E-state index contributed by atoms with van der Waals surface area (Å²) in [5.74, 6) is -0.543. The zero-order valence-corrected chi connectivity index (χ0v) is 16.1. The van der Waals surface area contributed by atoms with Gasteiger partial charge in [-0.25, -0.2) is 9.97 Å². The molecule has 2 rings (SSSR count). The molecule has 2 aromatic rings. The third kappa shape index (κ3) is 6.76. The van der Waals surface area contributed by atoms with Crippen molar-refractivity contribution in [2.45, 2.75) is 12.7 Å². The first kappa shape index (κ1) is 24.7. The number of nitrogens with one attached hydrogen (secondary N) is 1. The molecular formula is C13H14Cl3F3N4O2S. The van der Waals surface area contributed by atoms with E-state index in [-0.39, 0.29) is 61.1 Å². The summed E-state index contributed by atoms with van der Waals surface area (Å²) in [7, 11) is 0. The summed E-state index contributed by atoms with van der Waals surface area (Å²) in [5, 5.41) is 4.50. The Balaban J connectivity index is 0.00000312. The highest BCUT2D eigenvalue weighted by Crippen LogP contribution is 2.32. The molecule has 0 radical (unpaired) electrons. The molecule has 0 saturated carbocycles. The van der Waals surface area contributed by atoms with E-state index in [0.717, 1.165) is 6.07 Å². The normalized spacial score (nSPS) is 10.5. The molecule has 0 aliphatic carbocycles. The van der Waals surface area contributed by atoms with Gasteiger partial charge in [-0.1, -0.05) is 11.6 Å². The molecule has 2 heterocycles. The summed E-state index contributed by atoms with van der Waals surface area (Å²) >= 11 is 6.97. The van der Waals surface area contributed by atoms with Crippen LogP contribution in [-0.4, -0.2) is 29.0 Å². The first-order chi connectivity index (χ1) is 11.3. The van der Waals surface area contributed by atoms with Gasteiger partial charge in [0.1, 0.15) is 22.3 Å². The second-order valence-corrected chi connectivity index (χ2v) is 5.79. The van der Waals surface area contributed by atoms with Crippen LogP contribution in [0.25, 0.3) is 0 Å². The third-order valence-electron chi connectivity index (χ3n) is 2.72. The second-order valence-electron chi connectivity index (χ2n) is 4.44. The lowest BCUT2D eigenvalue weighted by molar-refractivity contribution is -0.137. The summed E-state index contributed by atoms with van der Waals surface area (Å²) in [6.07, 6.45) is -3.90. The molecule has 0 aliphatic rings. The van der Waals surface area contributed by atoms with Gasteiger partial charge in [-0.15, -0.1) is 36.2 Å². The van der Waals surface area contributed by atoms with Crippen molar-refractivity contribution in [2.75, 3.05) is 13.2 Å². The molecule has 0 spiro atoms. The fourth-order valence-corrected chi connectivity index (χ4v) is 2.47. The van der Waals surface area contributed by atoms with Crippen molar-refractivity contribution in [1.29, 1.82) is 0 Å². The maximum absolute atomic E-state index is 12.5. The van der Waals surface area contributed by atoms with Crippen molar-refractivity contribution < 1.29 is 22.7 Å². The summed E-state index contributed by atoms with van der Waals surface area (Å²) < 4.78 is 42.6. The van der Waals surface area contributed by atoms with E-state index in [0.29, 0.717) is 11.2 Å². The largest absolute Gasteiger partial charge is 0.475 e. The maximum Gasteiger partial charge on any atom is 0.417 e. The lowest BCUT2D eigenvalue weighted by Gasteiger charge is -2.10. The minimum Gasteiger partial charge on any atom is -0.475 e. The summed E-state index contributed by atoms with van der Waals surface area (Å²) in [5.41, 5.74) is 4.68. The molecule has 3 N–H and O–H groups in total. The van der Waals surface area contributed by atoms with Gasteiger partial charge in [0.05, 0.1) is 12.1 Å². The molecule has 0 unspecified atom stereocenters. The predicted molar refractivity (Wildman–Crippen MR) is 96.6 cm³/mol. The van der Waals surface area contributed by atoms with Gasteiger partial charge in [-0.3, -0.25) is 4.79 Å². The van der Waals surface area contributed by atoms with Gasteiger partial charge in [-0.2, -0.15) is 13.2 Å². The molecule has 0 aromatic carbocycles. The Kier molecular flexibility index (Phi) is 10.2. The molecular weight excluding hydrogens is 440 g/mol. The summed E-state index contributed by atoms with van der Waals surface area (Å²) in [6, 6.07) is 0.728. The van der Waals surface area contributed by atoms with Gasteiger partial charge in [0.2, 0.25) is 5.88 Å². The van der Waals surface area contributed by atoms with Crippen LogP contribution < -0.4 is 15.8 Å². The zero-order valence-electron chi connectivity index (χ0n) is 12.9. The number of nitrogens with two attached hydrogens (primary N) is 1. The van der Waals surface area contributed by atoms with Gasteiger partial charge >= 0.3 is 6.18 Å². The Hall–Kier alpha value is -1.33.